The number of nitrogens with zero attached hydrogens (tertiary/aromatic N) is 2. The van der Waals surface area contributed by atoms with E-state index in [1.807, 2.05) is 0 Å². The smallest absolute Gasteiger partial charge is 0.306 e. The molecule has 0 aliphatic heterocycles. The molecule has 0 aliphatic carbocycles. The van der Waals surface area contributed by atoms with Crippen molar-refractivity contribution >= 4 is 23.3 Å². The van der Waals surface area contributed by atoms with E-state index in [9.17, 15) is 18.4 Å². The lowest BCUT2D eigenvalue weighted by Crippen LogP contribution is -2.43. The molecule has 0 aliphatic rings. The molecule has 0 unspecified atom stereocenters. The zero-order valence-electron chi connectivity index (χ0n) is 10.7. The maximum atomic E-state index is 13.4. The van der Waals surface area contributed by atoms with Crippen molar-refractivity contribution in [3.05, 3.63) is 57.0 Å². The van der Waals surface area contributed by atoms with Gasteiger partial charge in [-0.2, -0.15) is 0 Å². The van der Waals surface area contributed by atoms with Gasteiger partial charge in [-0.25, -0.2) is 22.9 Å². The lowest BCUT2D eigenvalue weighted by Gasteiger charge is -2.10. The lowest BCUT2D eigenvalue weighted by molar-refractivity contribution is 0.251. The van der Waals surface area contributed by atoms with Crippen LogP contribution in [0.25, 0.3) is 0 Å². The SMILES string of the molecule is Cn1c(=N)c(F)cn(C(=O)Nc2ccc(F)cc2Cl)c1=O. The zero-order chi connectivity index (χ0) is 15.7. The summed E-state index contributed by atoms with van der Waals surface area (Å²) >= 11 is 5.74. The summed E-state index contributed by atoms with van der Waals surface area (Å²) in [4.78, 5) is 23.7. The fraction of sp³-hybridized carbons (Fsp3) is 0.0833. The molecule has 0 saturated heterocycles. The Balaban J connectivity index is 2.42. The summed E-state index contributed by atoms with van der Waals surface area (Å²) in [6.45, 7) is 0. The Bertz CT molecular complexity index is 844. The highest BCUT2D eigenvalue weighted by molar-refractivity contribution is 6.33. The molecule has 2 rings (SSSR count). The van der Waals surface area contributed by atoms with E-state index in [0.717, 1.165) is 19.2 Å². The van der Waals surface area contributed by atoms with Crippen LogP contribution in [0, 0.1) is 17.0 Å². The van der Waals surface area contributed by atoms with Gasteiger partial charge in [0.05, 0.1) is 16.9 Å². The van der Waals surface area contributed by atoms with Gasteiger partial charge in [0.2, 0.25) is 0 Å². The second-order valence-electron chi connectivity index (χ2n) is 4.09. The molecule has 9 heteroatoms. The molecule has 0 atom stereocenters. The number of hydrogen-bond donors (Lipinski definition) is 2. The van der Waals surface area contributed by atoms with Crippen LogP contribution in [0.5, 0.6) is 0 Å². The van der Waals surface area contributed by atoms with E-state index < -0.39 is 28.8 Å². The van der Waals surface area contributed by atoms with E-state index in [1.165, 1.54) is 6.07 Å². The van der Waals surface area contributed by atoms with Gasteiger partial charge in [-0.15, -0.1) is 0 Å². The van der Waals surface area contributed by atoms with Gasteiger partial charge >= 0.3 is 11.7 Å². The van der Waals surface area contributed by atoms with Crippen molar-refractivity contribution in [3.63, 3.8) is 0 Å². The second-order valence-corrected chi connectivity index (χ2v) is 4.50. The van der Waals surface area contributed by atoms with E-state index >= 15 is 0 Å². The second kappa shape index (κ2) is 5.49. The summed E-state index contributed by atoms with van der Waals surface area (Å²) in [5.74, 6) is -1.64. The van der Waals surface area contributed by atoms with Gasteiger partial charge in [-0.05, 0) is 18.2 Å². The van der Waals surface area contributed by atoms with Gasteiger partial charge in [-0.3, -0.25) is 9.98 Å². The Kier molecular flexibility index (Phi) is 3.90. The van der Waals surface area contributed by atoms with Crippen molar-refractivity contribution in [3.8, 4) is 0 Å². The minimum Gasteiger partial charge on any atom is -0.306 e. The van der Waals surface area contributed by atoms with Crippen LogP contribution in [-0.4, -0.2) is 15.2 Å². The first kappa shape index (κ1) is 14.9. The maximum Gasteiger partial charge on any atom is 0.337 e. The molecule has 0 bridgehead atoms. The Morgan fingerprint density at radius 3 is 2.67 bits per heavy atom. The van der Waals surface area contributed by atoms with Crippen molar-refractivity contribution < 1.29 is 13.6 Å². The van der Waals surface area contributed by atoms with Crippen molar-refractivity contribution in [2.24, 2.45) is 7.05 Å². The van der Waals surface area contributed by atoms with Crippen LogP contribution in [0.1, 0.15) is 0 Å². The fourth-order valence-electron chi connectivity index (χ4n) is 1.56. The first-order valence-electron chi connectivity index (χ1n) is 5.60. The van der Waals surface area contributed by atoms with Gasteiger partial charge in [-0.1, -0.05) is 11.6 Å². The summed E-state index contributed by atoms with van der Waals surface area (Å²) in [5.41, 5.74) is -1.49. The summed E-state index contributed by atoms with van der Waals surface area (Å²) in [6, 6.07) is 2.27. The van der Waals surface area contributed by atoms with E-state index in [2.05, 4.69) is 5.32 Å². The van der Waals surface area contributed by atoms with Crippen molar-refractivity contribution in [2.75, 3.05) is 5.32 Å². The summed E-state index contributed by atoms with van der Waals surface area (Å²) in [7, 11) is 1.16. The molecule has 1 amide bonds. The Labute approximate surface area is 121 Å². The van der Waals surface area contributed by atoms with Crippen LogP contribution in [0.15, 0.2) is 29.2 Å². The third-order valence-corrected chi connectivity index (χ3v) is 3.00. The van der Waals surface area contributed by atoms with E-state index in [-0.39, 0.29) is 10.7 Å². The molecule has 1 heterocycles. The van der Waals surface area contributed by atoms with Crippen LogP contribution < -0.4 is 16.5 Å². The highest BCUT2D eigenvalue weighted by Gasteiger charge is 2.14. The van der Waals surface area contributed by atoms with E-state index in [0.29, 0.717) is 15.3 Å². The van der Waals surface area contributed by atoms with Crippen molar-refractivity contribution in [2.45, 2.75) is 0 Å². The summed E-state index contributed by atoms with van der Waals surface area (Å²) in [6.07, 6.45) is 0.595. The molecular formula is C12H9ClF2N4O2. The highest BCUT2D eigenvalue weighted by atomic mass is 35.5. The number of halogens is 3. The third kappa shape index (κ3) is 2.84. The normalized spacial score (nSPS) is 10.5. The number of carbonyl (C=O) groups excluding carboxylic acids is 1. The molecule has 2 N–H and O–H groups in total. The quantitative estimate of drug-likeness (QED) is 0.840. The highest BCUT2D eigenvalue weighted by Crippen LogP contribution is 2.22. The van der Waals surface area contributed by atoms with Gasteiger partial charge < -0.3 is 5.32 Å². The van der Waals surface area contributed by atoms with Crippen molar-refractivity contribution in [1.82, 2.24) is 9.13 Å². The summed E-state index contributed by atoms with van der Waals surface area (Å²) < 4.78 is 27.4. The average Bonchev–Trinajstić information content (AvgIpc) is 2.43. The number of benzene rings is 1. The third-order valence-electron chi connectivity index (χ3n) is 2.69. The number of amides is 1. The molecule has 1 aromatic carbocycles. The molecule has 2 aromatic rings. The molecule has 0 radical (unpaired) electrons. The number of hydrogen-bond acceptors (Lipinski definition) is 3. The van der Waals surface area contributed by atoms with Gasteiger partial charge in [0.15, 0.2) is 11.3 Å². The molecule has 110 valence electrons. The van der Waals surface area contributed by atoms with E-state index in [4.69, 9.17) is 17.0 Å². The number of nitrogens with one attached hydrogen (secondary N) is 2. The number of carbonyl (C=O) groups is 1. The van der Waals surface area contributed by atoms with Crippen LogP contribution in [0.3, 0.4) is 0 Å². The van der Waals surface area contributed by atoms with Crippen molar-refractivity contribution in [1.29, 1.82) is 5.41 Å². The molecule has 6 nitrogen and oxygen atoms in total. The van der Waals surface area contributed by atoms with Crippen LogP contribution >= 0.6 is 11.6 Å². The number of anilines is 1. The average molecular weight is 315 g/mol. The number of rotatable bonds is 1. The lowest BCUT2D eigenvalue weighted by atomic mass is 10.3. The standard InChI is InChI=1S/C12H9ClF2N4O2/c1-18-10(16)8(15)5-19(12(18)21)11(20)17-9-3-2-6(14)4-7(9)13/h2-5,16H,1H3,(H,17,20). The van der Waals surface area contributed by atoms with Crippen LogP contribution in [0.4, 0.5) is 19.3 Å². The molecule has 21 heavy (non-hydrogen) atoms. The van der Waals surface area contributed by atoms with Gasteiger partial charge in [0.25, 0.3) is 0 Å². The Morgan fingerprint density at radius 2 is 2.05 bits per heavy atom. The predicted octanol–water partition coefficient (Wildman–Crippen LogP) is 1.68. The zero-order valence-corrected chi connectivity index (χ0v) is 11.4. The molecule has 1 aromatic heterocycles. The van der Waals surface area contributed by atoms with Crippen LogP contribution in [0.2, 0.25) is 5.02 Å². The monoisotopic (exact) mass is 314 g/mol. The minimum atomic E-state index is -1.04. The molecule has 0 saturated carbocycles. The maximum absolute atomic E-state index is 13.4. The van der Waals surface area contributed by atoms with Crippen LogP contribution in [-0.2, 0) is 7.05 Å². The number of aromatic nitrogens is 2. The van der Waals surface area contributed by atoms with Gasteiger partial charge in [0.1, 0.15) is 5.82 Å². The molecule has 0 fully saturated rings. The Morgan fingerprint density at radius 1 is 1.38 bits per heavy atom. The molecule has 0 spiro atoms. The first-order chi connectivity index (χ1) is 9.81. The molecular weight excluding hydrogens is 306 g/mol. The largest absolute Gasteiger partial charge is 0.337 e. The van der Waals surface area contributed by atoms with E-state index in [1.54, 1.807) is 0 Å². The topological polar surface area (TPSA) is 79.9 Å². The fourth-order valence-corrected chi connectivity index (χ4v) is 1.77. The minimum absolute atomic E-state index is 0.0629. The predicted molar refractivity (Wildman–Crippen MR) is 71.3 cm³/mol. The Hall–Kier alpha value is -2.48. The summed E-state index contributed by atoms with van der Waals surface area (Å²) in [5, 5.41) is 9.46. The first-order valence-corrected chi connectivity index (χ1v) is 5.98. The van der Waals surface area contributed by atoms with Gasteiger partial charge in [0, 0.05) is 7.05 Å².